The van der Waals surface area contributed by atoms with Gasteiger partial charge < -0.3 is 15.5 Å². The van der Waals surface area contributed by atoms with Gasteiger partial charge in [0.25, 0.3) is 0 Å². The zero-order chi connectivity index (χ0) is 27.5. The first-order chi connectivity index (χ1) is 18.1. The van der Waals surface area contributed by atoms with E-state index >= 15 is 0 Å². The third kappa shape index (κ3) is 8.77. The maximum Gasteiger partial charge on any atom is 0.416 e. The van der Waals surface area contributed by atoms with Crippen LogP contribution in [-0.2, 0) is 15.8 Å². The predicted molar refractivity (Wildman–Crippen MR) is 142 cm³/mol. The first kappa shape index (κ1) is 28.5. The summed E-state index contributed by atoms with van der Waals surface area (Å²) in [6, 6.07) is 20.3. The second-order valence-electron chi connectivity index (χ2n) is 8.68. The van der Waals surface area contributed by atoms with Crippen LogP contribution >= 0.6 is 0 Å². The molecular weight excluding hydrogens is 497 g/mol. The van der Waals surface area contributed by atoms with E-state index in [2.05, 4.69) is 58.8 Å². The van der Waals surface area contributed by atoms with Crippen molar-refractivity contribution < 1.29 is 33.0 Å². The Morgan fingerprint density at radius 1 is 0.947 bits per heavy atom. The SMILES string of the molecule is FC(F)(F)c1cccc(NCCCN2CC=C(c3cccc4ccccc34)CC2)c1.O=C(O)C=CC(=O)O. The molecule has 6 nitrogen and oxygen atoms in total. The van der Waals surface area contributed by atoms with Gasteiger partial charge in [-0.2, -0.15) is 13.2 Å². The number of carboxylic acid groups (broad SMARTS) is 2. The Morgan fingerprint density at radius 2 is 1.63 bits per heavy atom. The number of nitrogens with one attached hydrogen (secondary N) is 1. The molecule has 1 heterocycles. The largest absolute Gasteiger partial charge is 0.478 e. The normalized spacial score (nSPS) is 14.0. The number of nitrogens with zero attached hydrogens (tertiary/aromatic N) is 1. The maximum absolute atomic E-state index is 12.8. The molecule has 0 aromatic heterocycles. The molecule has 0 amide bonds. The standard InChI is InChI=1S/C25H25F3N2.C4H4O4/c26-25(27,28)21-8-4-9-22(18-21)29-14-5-15-30-16-12-20(13-17-30)24-11-3-7-19-6-1-2-10-23(19)24;5-3(6)1-2-4(7)8/h1-4,6-12,18,29H,5,13-17H2;1-2H,(H,5,6)(H,7,8). The van der Waals surface area contributed by atoms with E-state index in [9.17, 15) is 22.8 Å². The van der Waals surface area contributed by atoms with Crippen LogP contribution in [0.5, 0.6) is 0 Å². The Hall–Kier alpha value is -4.11. The number of aliphatic carboxylic acids is 2. The lowest BCUT2D eigenvalue weighted by Gasteiger charge is -2.27. The van der Waals surface area contributed by atoms with Crippen molar-refractivity contribution in [2.24, 2.45) is 0 Å². The third-order valence-electron chi connectivity index (χ3n) is 5.97. The molecule has 0 atom stereocenters. The summed E-state index contributed by atoms with van der Waals surface area (Å²) in [5, 5.41) is 21.3. The second kappa shape index (κ2) is 13.4. The van der Waals surface area contributed by atoms with Crippen molar-refractivity contribution in [1.82, 2.24) is 4.90 Å². The van der Waals surface area contributed by atoms with Crippen LogP contribution in [0.25, 0.3) is 16.3 Å². The number of carbonyl (C=O) groups is 2. The summed E-state index contributed by atoms with van der Waals surface area (Å²) < 4.78 is 38.4. The molecule has 38 heavy (non-hydrogen) atoms. The highest BCUT2D eigenvalue weighted by molar-refractivity contribution is 5.94. The molecule has 1 aliphatic heterocycles. The number of hydrogen-bond acceptors (Lipinski definition) is 4. The minimum absolute atomic E-state index is 0.515. The Labute approximate surface area is 218 Å². The fourth-order valence-corrected chi connectivity index (χ4v) is 4.15. The molecule has 0 unspecified atom stereocenters. The molecule has 3 aromatic rings. The van der Waals surface area contributed by atoms with Gasteiger partial charge in [0, 0.05) is 44.0 Å². The van der Waals surface area contributed by atoms with Gasteiger partial charge in [0.05, 0.1) is 5.56 Å². The number of halogens is 3. The van der Waals surface area contributed by atoms with Gasteiger partial charge >= 0.3 is 18.1 Å². The van der Waals surface area contributed by atoms with Crippen molar-refractivity contribution >= 4 is 34.0 Å². The zero-order valence-electron chi connectivity index (χ0n) is 20.6. The Balaban J connectivity index is 0.000000436. The van der Waals surface area contributed by atoms with Gasteiger partial charge in [-0.25, -0.2) is 9.59 Å². The fraction of sp³-hybridized carbons (Fsp3) is 0.241. The summed E-state index contributed by atoms with van der Waals surface area (Å²) >= 11 is 0. The Kier molecular flexibility index (Phi) is 10.1. The van der Waals surface area contributed by atoms with Crippen molar-refractivity contribution in [2.45, 2.75) is 19.0 Å². The lowest BCUT2D eigenvalue weighted by atomic mass is 9.94. The topological polar surface area (TPSA) is 89.9 Å². The van der Waals surface area contributed by atoms with Crippen molar-refractivity contribution in [1.29, 1.82) is 0 Å². The summed E-state index contributed by atoms with van der Waals surface area (Å²) in [5.41, 5.74) is 2.61. The number of rotatable bonds is 8. The van der Waals surface area contributed by atoms with Gasteiger partial charge in [-0.3, -0.25) is 4.90 Å². The van der Waals surface area contributed by atoms with Crippen LogP contribution in [0.15, 0.2) is 85.0 Å². The van der Waals surface area contributed by atoms with Crippen molar-refractivity contribution in [2.75, 3.05) is 31.5 Å². The number of benzene rings is 3. The molecule has 1 aliphatic rings. The molecule has 3 aromatic carbocycles. The van der Waals surface area contributed by atoms with Crippen molar-refractivity contribution in [3.63, 3.8) is 0 Å². The average molecular weight is 527 g/mol. The van der Waals surface area contributed by atoms with Gasteiger partial charge in [-0.1, -0.05) is 54.6 Å². The van der Waals surface area contributed by atoms with Gasteiger partial charge in [-0.05, 0) is 52.9 Å². The molecule has 0 saturated carbocycles. The molecule has 200 valence electrons. The van der Waals surface area contributed by atoms with Gasteiger partial charge in [0.2, 0.25) is 0 Å². The van der Waals surface area contributed by atoms with Crippen molar-refractivity contribution in [3.8, 4) is 0 Å². The van der Waals surface area contributed by atoms with E-state index in [1.807, 2.05) is 0 Å². The molecule has 3 N–H and O–H groups in total. The van der Waals surface area contributed by atoms with Crippen molar-refractivity contribution in [3.05, 3.63) is 96.1 Å². The molecule has 0 fully saturated rings. The van der Waals surface area contributed by atoms with E-state index in [-0.39, 0.29) is 0 Å². The van der Waals surface area contributed by atoms with E-state index in [0.29, 0.717) is 24.4 Å². The highest BCUT2D eigenvalue weighted by Crippen LogP contribution is 2.31. The number of anilines is 1. The van der Waals surface area contributed by atoms with Crippen LogP contribution in [0.4, 0.5) is 18.9 Å². The fourth-order valence-electron chi connectivity index (χ4n) is 4.15. The molecule has 9 heteroatoms. The van der Waals surface area contributed by atoms with Gasteiger partial charge in [0.15, 0.2) is 0 Å². The summed E-state index contributed by atoms with van der Waals surface area (Å²) in [7, 11) is 0. The van der Waals surface area contributed by atoms with E-state index in [4.69, 9.17) is 10.2 Å². The number of carboxylic acids is 2. The zero-order valence-corrected chi connectivity index (χ0v) is 20.6. The number of alkyl halides is 3. The lowest BCUT2D eigenvalue weighted by molar-refractivity contribution is -0.137. The first-order valence-corrected chi connectivity index (χ1v) is 12.1. The lowest BCUT2D eigenvalue weighted by Crippen LogP contribution is -2.30. The predicted octanol–water partition coefficient (Wildman–Crippen LogP) is 6.16. The van der Waals surface area contributed by atoms with Crippen LogP contribution in [0.1, 0.15) is 24.0 Å². The maximum atomic E-state index is 12.8. The molecule has 0 aliphatic carbocycles. The first-order valence-electron chi connectivity index (χ1n) is 12.1. The highest BCUT2D eigenvalue weighted by atomic mass is 19.4. The monoisotopic (exact) mass is 526 g/mol. The summed E-state index contributed by atoms with van der Waals surface area (Å²) in [6.07, 6.45) is 1.01. The van der Waals surface area contributed by atoms with Crippen LogP contribution in [0.3, 0.4) is 0 Å². The Bertz CT molecular complexity index is 1300. The molecule has 0 spiro atoms. The van der Waals surface area contributed by atoms with Crippen LogP contribution in [0.2, 0.25) is 0 Å². The van der Waals surface area contributed by atoms with E-state index in [0.717, 1.165) is 38.5 Å². The quantitative estimate of drug-likeness (QED) is 0.241. The minimum Gasteiger partial charge on any atom is -0.478 e. The number of hydrogen-bond donors (Lipinski definition) is 3. The molecular formula is C29H29F3N2O4. The third-order valence-corrected chi connectivity index (χ3v) is 5.97. The average Bonchev–Trinajstić information content (AvgIpc) is 2.90. The summed E-state index contributed by atoms with van der Waals surface area (Å²) in [6.45, 7) is 3.48. The summed E-state index contributed by atoms with van der Waals surface area (Å²) in [4.78, 5) is 21.5. The van der Waals surface area contributed by atoms with E-state index in [1.165, 1.54) is 34.0 Å². The number of fused-ring (bicyclic) bond motifs is 1. The van der Waals surface area contributed by atoms with Crippen LogP contribution in [0, 0.1) is 0 Å². The summed E-state index contributed by atoms with van der Waals surface area (Å²) in [5.74, 6) is -2.51. The van der Waals surface area contributed by atoms with E-state index in [1.54, 1.807) is 6.07 Å². The molecule has 4 rings (SSSR count). The molecule has 0 bridgehead atoms. The smallest absolute Gasteiger partial charge is 0.416 e. The van der Waals surface area contributed by atoms with E-state index < -0.39 is 23.7 Å². The second-order valence-corrected chi connectivity index (χ2v) is 8.68. The Morgan fingerprint density at radius 3 is 2.29 bits per heavy atom. The van der Waals surface area contributed by atoms with Crippen LogP contribution in [-0.4, -0.2) is 53.2 Å². The molecule has 0 saturated heterocycles. The molecule has 0 radical (unpaired) electrons. The van der Waals surface area contributed by atoms with Crippen LogP contribution < -0.4 is 5.32 Å². The highest BCUT2D eigenvalue weighted by Gasteiger charge is 2.30. The van der Waals surface area contributed by atoms with Gasteiger partial charge in [0.1, 0.15) is 0 Å². The van der Waals surface area contributed by atoms with Gasteiger partial charge in [-0.15, -0.1) is 0 Å². The minimum atomic E-state index is -4.31.